The van der Waals surface area contributed by atoms with Crippen LogP contribution in [-0.4, -0.2) is 74.4 Å². The normalized spacial score (nSPS) is 15.7. The van der Waals surface area contributed by atoms with Crippen LogP contribution in [0.15, 0.2) is 36.5 Å². The van der Waals surface area contributed by atoms with E-state index >= 15 is 0 Å². The topological polar surface area (TPSA) is 91.9 Å². The van der Waals surface area contributed by atoms with Crippen molar-refractivity contribution in [3.05, 3.63) is 42.1 Å². The molecule has 1 aliphatic rings. The summed E-state index contributed by atoms with van der Waals surface area (Å²) in [6.07, 6.45) is 2.05. The minimum absolute atomic E-state index is 0.158. The molecule has 2 N–H and O–H groups in total. The van der Waals surface area contributed by atoms with Crippen LogP contribution in [0.25, 0.3) is 0 Å². The van der Waals surface area contributed by atoms with Crippen molar-refractivity contribution in [1.82, 2.24) is 20.2 Å². The Balaban J connectivity index is 1.51. The van der Waals surface area contributed by atoms with Crippen molar-refractivity contribution >= 4 is 17.9 Å². The molecule has 2 heterocycles. The van der Waals surface area contributed by atoms with E-state index in [0.29, 0.717) is 25.6 Å². The number of anilines is 2. The molecular formula is C21H30N6O3. The number of aromatic nitrogens is 2. The van der Waals surface area contributed by atoms with Gasteiger partial charge in [-0.3, -0.25) is 0 Å². The first-order valence-corrected chi connectivity index (χ1v) is 10.1. The van der Waals surface area contributed by atoms with Gasteiger partial charge in [0.05, 0.1) is 13.7 Å². The summed E-state index contributed by atoms with van der Waals surface area (Å²) in [5, 5.41) is 6.34. The summed E-state index contributed by atoms with van der Waals surface area (Å²) in [5.74, 6) is 2.22. The highest BCUT2D eigenvalue weighted by molar-refractivity contribution is 5.67. The van der Waals surface area contributed by atoms with Gasteiger partial charge in [0.2, 0.25) is 5.95 Å². The van der Waals surface area contributed by atoms with E-state index in [1.54, 1.807) is 25.3 Å². The van der Waals surface area contributed by atoms with Gasteiger partial charge in [-0.25, -0.2) is 9.78 Å². The van der Waals surface area contributed by atoms with Gasteiger partial charge in [0.15, 0.2) is 0 Å². The highest BCUT2D eigenvalue weighted by Gasteiger charge is 2.28. The Morgan fingerprint density at radius 3 is 2.83 bits per heavy atom. The Kier molecular flexibility index (Phi) is 7.67. The summed E-state index contributed by atoms with van der Waals surface area (Å²) >= 11 is 0. The van der Waals surface area contributed by atoms with E-state index in [1.807, 2.05) is 42.3 Å². The third-order valence-electron chi connectivity index (χ3n) is 4.98. The number of benzene rings is 1. The van der Waals surface area contributed by atoms with Crippen molar-refractivity contribution in [3.8, 4) is 5.75 Å². The maximum Gasteiger partial charge on any atom is 0.409 e. The molecule has 0 aliphatic carbocycles. The molecule has 30 heavy (non-hydrogen) atoms. The zero-order valence-corrected chi connectivity index (χ0v) is 17.8. The second kappa shape index (κ2) is 10.6. The van der Waals surface area contributed by atoms with Crippen LogP contribution in [-0.2, 0) is 11.3 Å². The molecule has 1 aromatic carbocycles. The molecule has 9 heteroatoms. The summed E-state index contributed by atoms with van der Waals surface area (Å²) in [7, 11) is 5.25. The first-order valence-electron chi connectivity index (χ1n) is 10.1. The van der Waals surface area contributed by atoms with Crippen molar-refractivity contribution in [2.75, 3.05) is 57.6 Å². The molecule has 0 saturated carbocycles. The Labute approximate surface area is 177 Å². The molecule has 1 aliphatic heterocycles. The number of carbonyl (C=O) groups is 1. The zero-order valence-electron chi connectivity index (χ0n) is 17.8. The van der Waals surface area contributed by atoms with E-state index in [1.165, 1.54) is 0 Å². The zero-order chi connectivity index (χ0) is 21.3. The maximum absolute atomic E-state index is 12.2. The lowest BCUT2D eigenvalue weighted by Gasteiger charge is -2.20. The van der Waals surface area contributed by atoms with Crippen molar-refractivity contribution in [3.63, 3.8) is 0 Å². The van der Waals surface area contributed by atoms with Gasteiger partial charge < -0.3 is 29.9 Å². The van der Waals surface area contributed by atoms with Gasteiger partial charge in [-0.2, -0.15) is 4.98 Å². The standard InChI is InChI=1S/C21H30N6O3/c1-22-11-13-26(2)21(28)30-18-9-12-27(15-18)20-23-10-8-19(25-20)24-14-16-4-6-17(29-3)7-5-16/h4-8,10,18,22H,9,11-15H2,1-3H3,(H,23,24,25)/t18-/m1/s1. The van der Waals surface area contributed by atoms with Gasteiger partial charge in [-0.05, 0) is 30.8 Å². The third-order valence-corrected chi connectivity index (χ3v) is 4.98. The summed E-state index contributed by atoms with van der Waals surface area (Å²) in [6, 6.07) is 9.74. The first kappa shape index (κ1) is 21.6. The largest absolute Gasteiger partial charge is 0.497 e. The number of methoxy groups -OCH3 is 1. The van der Waals surface area contributed by atoms with E-state index in [4.69, 9.17) is 9.47 Å². The van der Waals surface area contributed by atoms with Gasteiger partial charge in [0.1, 0.15) is 17.7 Å². The van der Waals surface area contributed by atoms with Crippen LogP contribution in [0.3, 0.4) is 0 Å². The molecule has 3 rings (SSSR count). The number of amides is 1. The summed E-state index contributed by atoms with van der Waals surface area (Å²) in [5.41, 5.74) is 1.13. The first-order chi connectivity index (χ1) is 14.6. The van der Waals surface area contributed by atoms with E-state index in [2.05, 4.69) is 20.6 Å². The smallest absolute Gasteiger partial charge is 0.409 e. The Hall–Kier alpha value is -3.07. The number of ether oxygens (including phenoxy) is 2. The molecule has 162 valence electrons. The fourth-order valence-electron chi connectivity index (χ4n) is 3.14. The molecule has 0 spiro atoms. The lowest BCUT2D eigenvalue weighted by molar-refractivity contribution is 0.0782. The van der Waals surface area contributed by atoms with Crippen LogP contribution in [0.4, 0.5) is 16.6 Å². The number of nitrogens with one attached hydrogen (secondary N) is 2. The lowest BCUT2D eigenvalue weighted by atomic mass is 10.2. The van der Waals surface area contributed by atoms with Crippen molar-refractivity contribution in [2.24, 2.45) is 0 Å². The summed E-state index contributed by atoms with van der Waals surface area (Å²) in [6.45, 7) is 3.33. The second-order valence-electron chi connectivity index (χ2n) is 7.21. The Bertz CT molecular complexity index is 817. The minimum Gasteiger partial charge on any atom is -0.497 e. The van der Waals surface area contributed by atoms with Crippen LogP contribution in [0.1, 0.15) is 12.0 Å². The number of hydrogen-bond acceptors (Lipinski definition) is 8. The molecular weight excluding hydrogens is 384 g/mol. The van der Waals surface area contributed by atoms with Crippen molar-refractivity contribution < 1.29 is 14.3 Å². The van der Waals surface area contributed by atoms with Gasteiger partial charge in [0.25, 0.3) is 0 Å². The highest BCUT2D eigenvalue weighted by Crippen LogP contribution is 2.20. The number of rotatable bonds is 9. The predicted molar refractivity (Wildman–Crippen MR) is 116 cm³/mol. The molecule has 9 nitrogen and oxygen atoms in total. The van der Waals surface area contributed by atoms with E-state index in [9.17, 15) is 4.79 Å². The lowest BCUT2D eigenvalue weighted by Crippen LogP contribution is -2.36. The second-order valence-corrected chi connectivity index (χ2v) is 7.21. The number of likely N-dealkylation sites (N-methyl/N-ethyl adjacent to an activating group) is 2. The SMILES string of the molecule is CNCCN(C)C(=O)O[C@@H]1CCN(c2nccc(NCc3ccc(OC)cc3)n2)C1. The molecule has 0 bridgehead atoms. The average Bonchev–Trinajstić information content (AvgIpc) is 3.25. The highest BCUT2D eigenvalue weighted by atomic mass is 16.6. The fourth-order valence-corrected chi connectivity index (χ4v) is 3.14. The fraction of sp³-hybridized carbons (Fsp3) is 0.476. The Morgan fingerprint density at radius 1 is 1.30 bits per heavy atom. The molecule has 0 radical (unpaired) electrons. The number of carbonyl (C=O) groups excluding carboxylic acids is 1. The molecule has 2 aromatic rings. The molecule has 0 unspecified atom stereocenters. The molecule has 1 atom stereocenters. The summed E-state index contributed by atoms with van der Waals surface area (Å²) < 4.78 is 10.8. The van der Waals surface area contributed by atoms with Crippen molar-refractivity contribution in [1.29, 1.82) is 0 Å². The van der Waals surface area contributed by atoms with Crippen LogP contribution < -0.4 is 20.3 Å². The monoisotopic (exact) mass is 414 g/mol. The Morgan fingerprint density at radius 2 is 2.10 bits per heavy atom. The van der Waals surface area contributed by atoms with Crippen molar-refractivity contribution in [2.45, 2.75) is 19.1 Å². The van der Waals surface area contributed by atoms with E-state index in [0.717, 1.165) is 36.6 Å². The van der Waals surface area contributed by atoms with Gasteiger partial charge in [0, 0.05) is 45.8 Å². The third kappa shape index (κ3) is 5.96. The predicted octanol–water partition coefficient (Wildman–Crippen LogP) is 1.96. The van der Waals surface area contributed by atoms with Gasteiger partial charge in [-0.1, -0.05) is 12.1 Å². The van der Waals surface area contributed by atoms with Crippen LogP contribution in [0, 0.1) is 0 Å². The van der Waals surface area contributed by atoms with Gasteiger partial charge >= 0.3 is 6.09 Å². The molecule has 1 saturated heterocycles. The number of hydrogen-bond donors (Lipinski definition) is 2. The van der Waals surface area contributed by atoms with E-state index < -0.39 is 0 Å². The summed E-state index contributed by atoms with van der Waals surface area (Å²) in [4.78, 5) is 24.8. The van der Waals surface area contributed by atoms with Crippen LogP contribution in [0.5, 0.6) is 5.75 Å². The minimum atomic E-state index is -0.298. The average molecular weight is 415 g/mol. The molecule has 1 fully saturated rings. The quantitative estimate of drug-likeness (QED) is 0.644. The van der Waals surface area contributed by atoms with Crippen LogP contribution >= 0.6 is 0 Å². The van der Waals surface area contributed by atoms with Crippen LogP contribution in [0.2, 0.25) is 0 Å². The van der Waals surface area contributed by atoms with E-state index in [-0.39, 0.29) is 12.2 Å². The molecule has 1 aromatic heterocycles. The maximum atomic E-state index is 12.2. The molecule has 1 amide bonds. The van der Waals surface area contributed by atoms with Gasteiger partial charge in [-0.15, -0.1) is 0 Å². The number of nitrogens with zero attached hydrogens (tertiary/aromatic N) is 4.